The van der Waals surface area contributed by atoms with E-state index in [-0.39, 0.29) is 41.0 Å². The van der Waals surface area contributed by atoms with Crippen molar-refractivity contribution < 1.29 is 49.1 Å². The Kier molecular flexibility index (Phi) is 5.21. The quantitative estimate of drug-likeness (QED) is 0.509. The van der Waals surface area contributed by atoms with Crippen molar-refractivity contribution in [3.63, 3.8) is 0 Å². The zero-order valence-electron chi connectivity index (χ0n) is 8.03. The van der Waals surface area contributed by atoms with Gasteiger partial charge < -0.3 is 6.53 Å². The van der Waals surface area contributed by atoms with Crippen molar-refractivity contribution in [2.75, 3.05) is 0 Å². The molecular weight excluding hydrogens is 262 g/mol. The van der Waals surface area contributed by atoms with E-state index >= 15 is 0 Å². The Hall–Kier alpha value is 0.510. The predicted molar refractivity (Wildman–Crippen MR) is 49.1 cm³/mol. The molecular formula is C6H5Cl2NaO4S. The second-order valence-corrected chi connectivity index (χ2v) is 4.36. The molecule has 0 atom stereocenters. The largest absolute Gasteiger partial charge is 1.00 e. The number of aromatic hydroxyl groups is 1. The fraction of sp³-hybridized carbons (Fsp3) is 0. The third-order valence-electron chi connectivity index (χ3n) is 1.31. The number of phenolic OH excluding ortho intramolecular Hbond substituents is 1. The molecule has 74 valence electrons. The topological polar surface area (TPSA) is 74.6 Å². The van der Waals surface area contributed by atoms with E-state index < -0.39 is 20.8 Å². The number of rotatable bonds is 1. The molecule has 0 saturated carbocycles. The summed E-state index contributed by atoms with van der Waals surface area (Å²) in [5, 5.41) is 8.86. The van der Waals surface area contributed by atoms with Crippen LogP contribution in [0.5, 0.6) is 5.75 Å². The number of benzene rings is 1. The molecule has 0 amide bonds. The third-order valence-corrected chi connectivity index (χ3v) is 2.99. The molecule has 1 aromatic carbocycles. The van der Waals surface area contributed by atoms with Crippen molar-refractivity contribution in [3.8, 4) is 5.75 Å². The van der Waals surface area contributed by atoms with Crippen LogP contribution in [0.15, 0.2) is 17.0 Å². The summed E-state index contributed by atoms with van der Waals surface area (Å²) in [5.74, 6) is -0.753. The van der Waals surface area contributed by atoms with Crippen molar-refractivity contribution in [2.45, 2.75) is 4.90 Å². The Morgan fingerprint density at radius 2 is 1.79 bits per heavy atom. The summed E-state index contributed by atoms with van der Waals surface area (Å²) in [6, 6.07) is 2.12. The summed E-state index contributed by atoms with van der Waals surface area (Å²) in [4.78, 5) is -0.665. The van der Waals surface area contributed by atoms with Crippen molar-refractivity contribution in [1.29, 1.82) is 0 Å². The van der Waals surface area contributed by atoms with Crippen molar-refractivity contribution in [1.82, 2.24) is 0 Å². The molecule has 0 heterocycles. The van der Waals surface area contributed by atoms with Gasteiger partial charge >= 0.3 is 29.6 Å². The maximum atomic E-state index is 10.6. The zero-order valence-corrected chi connectivity index (χ0v) is 11.4. The SMILES string of the molecule is O=S(=O)(O)c1ccc(Cl)c(Cl)c1O.[H-].[Na+]. The van der Waals surface area contributed by atoms with Crippen LogP contribution in [-0.4, -0.2) is 18.1 Å². The number of phenols is 1. The normalized spacial score (nSPS) is 10.8. The van der Waals surface area contributed by atoms with Crippen LogP contribution in [0.25, 0.3) is 0 Å². The van der Waals surface area contributed by atoms with E-state index in [1.165, 1.54) is 0 Å². The molecule has 0 radical (unpaired) electrons. The molecule has 0 aliphatic rings. The first kappa shape index (κ1) is 14.5. The summed E-state index contributed by atoms with van der Waals surface area (Å²) in [5.41, 5.74) is 0. The van der Waals surface area contributed by atoms with Crippen LogP contribution in [0.2, 0.25) is 10.0 Å². The second kappa shape index (κ2) is 5.03. The summed E-state index contributed by atoms with van der Waals surface area (Å²) >= 11 is 10.9. The van der Waals surface area contributed by atoms with Gasteiger partial charge in [0, 0.05) is 0 Å². The van der Waals surface area contributed by atoms with Crippen molar-refractivity contribution in [2.24, 2.45) is 0 Å². The van der Waals surface area contributed by atoms with E-state index in [1.54, 1.807) is 0 Å². The Bertz CT molecular complexity index is 451. The monoisotopic (exact) mass is 266 g/mol. The van der Waals surface area contributed by atoms with Gasteiger partial charge in [-0.1, -0.05) is 23.2 Å². The van der Waals surface area contributed by atoms with Crippen LogP contribution in [-0.2, 0) is 10.1 Å². The van der Waals surface area contributed by atoms with E-state index in [9.17, 15) is 8.42 Å². The summed E-state index contributed by atoms with van der Waals surface area (Å²) in [6.45, 7) is 0. The standard InChI is InChI=1S/C6H4Cl2O4S.Na.H/c7-3-1-2-4(13(10,11)12)6(9)5(3)8;;/h1-2,9H,(H,10,11,12);;/q;+1;-1. The fourth-order valence-corrected chi connectivity index (χ4v) is 1.69. The Balaban J connectivity index is 0. The molecule has 0 aromatic heterocycles. The molecule has 0 spiro atoms. The van der Waals surface area contributed by atoms with Gasteiger partial charge in [0.25, 0.3) is 10.1 Å². The van der Waals surface area contributed by atoms with E-state index in [0.717, 1.165) is 12.1 Å². The van der Waals surface area contributed by atoms with Gasteiger partial charge in [-0.25, -0.2) is 0 Å². The Morgan fingerprint density at radius 1 is 1.29 bits per heavy atom. The molecule has 0 unspecified atom stereocenters. The number of hydrogen-bond acceptors (Lipinski definition) is 3. The smallest absolute Gasteiger partial charge is 1.00 e. The molecule has 4 nitrogen and oxygen atoms in total. The Labute approximate surface area is 114 Å². The average molecular weight is 267 g/mol. The summed E-state index contributed by atoms with van der Waals surface area (Å²) in [6.07, 6.45) is 0. The minimum absolute atomic E-state index is 0. The maximum absolute atomic E-state index is 10.6. The Morgan fingerprint density at radius 3 is 2.21 bits per heavy atom. The van der Waals surface area contributed by atoms with Crippen LogP contribution in [0.4, 0.5) is 0 Å². The van der Waals surface area contributed by atoms with Crippen LogP contribution in [0.3, 0.4) is 0 Å². The van der Waals surface area contributed by atoms with Gasteiger partial charge in [-0.05, 0) is 12.1 Å². The van der Waals surface area contributed by atoms with Crippen molar-refractivity contribution >= 4 is 33.3 Å². The first-order valence-electron chi connectivity index (χ1n) is 2.98. The van der Waals surface area contributed by atoms with Crippen molar-refractivity contribution in [3.05, 3.63) is 22.2 Å². The van der Waals surface area contributed by atoms with Crippen LogP contribution in [0.1, 0.15) is 1.43 Å². The minimum Gasteiger partial charge on any atom is -1.00 e. The molecule has 8 heteroatoms. The molecule has 0 bridgehead atoms. The number of hydrogen-bond donors (Lipinski definition) is 2. The maximum Gasteiger partial charge on any atom is 1.00 e. The van der Waals surface area contributed by atoms with E-state index in [4.69, 9.17) is 32.9 Å². The van der Waals surface area contributed by atoms with Gasteiger partial charge in [0.1, 0.15) is 9.92 Å². The molecule has 1 rings (SSSR count). The molecule has 0 saturated heterocycles. The molecule has 0 aliphatic carbocycles. The third kappa shape index (κ3) is 3.00. The fourth-order valence-electron chi connectivity index (χ4n) is 0.730. The van der Waals surface area contributed by atoms with E-state index in [0.29, 0.717) is 0 Å². The van der Waals surface area contributed by atoms with Gasteiger partial charge in [-0.2, -0.15) is 8.42 Å². The summed E-state index contributed by atoms with van der Waals surface area (Å²) in [7, 11) is -4.47. The van der Waals surface area contributed by atoms with Gasteiger partial charge in [0.15, 0.2) is 5.75 Å². The second-order valence-electron chi connectivity index (χ2n) is 2.18. The van der Waals surface area contributed by atoms with E-state index in [1.807, 2.05) is 0 Å². The zero-order chi connectivity index (χ0) is 10.2. The van der Waals surface area contributed by atoms with Crippen LogP contribution < -0.4 is 29.6 Å². The first-order valence-corrected chi connectivity index (χ1v) is 5.18. The predicted octanol–water partition coefficient (Wildman–Crippen LogP) is -0.938. The van der Waals surface area contributed by atoms with E-state index in [2.05, 4.69) is 0 Å². The summed E-state index contributed by atoms with van der Waals surface area (Å²) < 4.78 is 29.8. The molecule has 2 N–H and O–H groups in total. The average Bonchev–Trinajstić information content (AvgIpc) is 1.98. The molecule has 0 fully saturated rings. The van der Waals surface area contributed by atoms with Gasteiger partial charge in [-0.3, -0.25) is 4.55 Å². The number of halogens is 2. The van der Waals surface area contributed by atoms with Crippen LogP contribution in [0, 0.1) is 0 Å². The molecule has 1 aromatic rings. The van der Waals surface area contributed by atoms with Gasteiger partial charge in [-0.15, -0.1) is 0 Å². The van der Waals surface area contributed by atoms with Crippen LogP contribution >= 0.6 is 23.2 Å². The minimum atomic E-state index is -4.47. The van der Waals surface area contributed by atoms with Gasteiger partial charge in [0.2, 0.25) is 0 Å². The first-order chi connectivity index (χ1) is 5.84. The van der Waals surface area contributed by atoms with Gasteiger partial charge in [0.05, 0.1) is 5.02 Å². The molecule has 14 heavy (non-hydrogen) atoms. The molecule has 0 aliphatic heterocycles.